The summed E-state index contributed by atoms with van der Waals surface area (Å²) in [7, 11) is 0. The Bertz CT molecular complexity index is 964. The van der Waals surface area contributed by atoms with Crippen molar-refractivity contribution < 1.29 is 19.5 Å². The van der Waals surface area contributed by atoms with E-state index in [9.17, 15) is 14.4 Å². The number of amides is 2. The van der Waals surface area contributed by atoms with Gasteiger partial charge in [0.25, 0.3) is 11.1 Å². The van der Waals surface area contributed by atoms with E-state index in [1.807, 2.05) is 44.2 Å². The zero-order valence-corrected chi connectivity index (χ0v) is 16.4. The first-order valence-electron chi connectivity index (χ1n) is 7.70. The summed E-state index contributed by atoms with van der Waals surface area (Å²) in [6.45, 7) is 3.26. The van der Waals surface area contributed by atoms with Gasteiger partial charge in [-0.05, 0) is 71.4 Å². The predicted molar refractivity (Wildman–Crippen MR) is 103 cm³/mol. The molecule has 6 nitrogen and oxygen atoms in total. The molecule has 1 aromatic heterocycles. The van der Waals surface area contributed by atoms with E-state index in [0.29, 0.717) is 0 Å². The largest absolute Gasteiger partial charge is 0.480 e. The highest BCUT2D eigenvalue weighted by molar-refractivity contribution is 9.10. The second kappa shape index (κ2) is 7.13. The third-order valence-electron chi connectivity index (χ3n) is 4.02. The van der Waals surface area contributed by atoms with Crippen LogP contribution in [0.15, 0.2) is 39.7 Å². The highest BCUT2D eigenvalue weighted by Crippen LogP contribution is 2.34. The Hall–Kier alpha value is -2.32. The molecule has 1 saturated heterocycles. The van der Waals surface area contributed by atoms with Crippen LogP contribution in [0.2, 0.25) is 0 Å². The van der Waals surface area contributed by atoms with Crippen molar-refractivity contribution in [2.24, 2.45) is 0 Å². The first kappa shape index (κ1) is 18.5. The summed E-state index contributed by atoms with van der Waals surface area (Å²) >= 11 is 4.30. The molecule has 0 saturated carbocycles. The number of carbonyl (C=O) groups is 3. The molecule has 1 aromatic carbocycles. The molecule has 134 valence electrons. The van der Waals surface area contributed by atoms with E-state index < -0.39 is 23.7 Å². The summed E-state index contributed by atoms with van der Waals surface area (Å²) in [5.74, 6) is -1.80. The highest BCUT2D eigenvalue weighted by Gasteiger charge is 2.36. The topological polar surface area (TPSA) is 79.6 Å². The highest BCUT2D eigenvalue weighted by atomic mass is 79.9. The second-order valence-electron chi connectivity index (χ2n) is 5.77. The zero-order valence-electron chi connectivity index (χ0n) is 14.0. The molecule has 0 spiro atoms. The molecule has 2 aromatic rings. The Morgan fingerprint density at radius 1 is 1.27 bits per heavy atom. The van der Waals surface area contributed by atoms with E-state index in [1.54, 1.807) is 6.08 Å². The lowest BCUT2D eigenvalue weighted by molar-refractivity contribution is -0.140. The maximum atomic E-state index is 12.3. The molecule has 26 heavy (non-hydrogen) atoms. The van der Waals surface area contributed by atoms with Gasteiger partial charge in [-0.3, -0.25) is 19.3 Å². The van der Waals surface area contributed by atoms with Gasteiger partial charge in [-0.1, -0.05) is 12.1 Å². The van der Waals surface area contributed by atoms with Crippen LogP contribution in [-0.4, -0.2) is 38.2 Å². The van der Waals surface area contributed by atoms with Crippen LogP contribution >= 0.6 is 27.7 Å². The first-order valence-corrected chi connectivity index (χ1v) is 9.31. The molecule has 0 aliphatic carbocycles. The van der Waals surface area contributed by atoms with Crippen LogP contribution in [-0.2, 0) is 9.59 Å². The average molecular weight is 435 g/mol. The molecule has 0 unspecified atom stereocenters. The Balaban J connectivity index is 2.00. The van der Waals surface area contributed by atoms with Crippen LogP contribution in [0.4, 0.5) is 4.79 Å². The molecule has 2 amide bonds. The third kappa shape index (κ3) is 3.34. The van der Waals surface area contributed by atoms with Gasteiger partial charge in [0, 0.05) is 15.9 Å². The number of hydrogen-bond acceptors (Lipinski definition) is 4. The van der Waals surface area contributed by atoms with Gasteiger partial charge in [-0.2, -0.15) is 0 Å². The van der Waals surface area contributed by atoms with Gasteiger partial charge in [0.2, 0.25) is 0 Å². The van der Waals surface area contributed by atoms with Crippen molar-refractivity contribution in [1.29, 1.82) is 0 Å². The van der Waals surface area contributed by atoms with Crippen LogP contribution in [0.3, 0.4) is 0 Å². The molecular formula is C18H15BrN2O4S. The SMILES string of the molecule is Cc1cc(/C=C2/SC(=O)N(CC(=O)O)C2=O)c(C)n1-c1ccccc1Br. The molecule has 0 bridgehead atoms. The van der Waals surface area contributed by atoms with Gasteiger partial charge in [0.1, 0.15) is 6.54 Å². The van der Waals surface area contributed by atoms with Gasteiger partial charge < -0.3 is 9.67 Å². The van der Waals surface area contributed by atoms with Crippen LogP contribution < -0.4 is 0 Å². The maximum Gasteiger partial charge on any atom is 0.323 e. The fraction of sp³-hybridized carbons (Fsp3) is 0.167. The number of carbonyl (C=O) groups excluding carboxylic acids is 2. The molecule has 1 N–H and O–H groups in total. The summed E-state index contributed by atoms with van der Waals surface area (Å²) in [6.07, 6.45) is 1.64. The fourth-order valence-corrected chi connectivity index (χ4v) is 4.14. The van der Waals surface area contributed by atoms with Crippen molar-refractivity contribution in [1.82, 2.24) is 9.47 Å². The van der Waals surface area contributed by atoms with E-state index in [1.165, 1.54) is 0 Å². The Labute approximate surface area is 162 Å². The normalized spacial score (nSPS) is 16.0. The van der Waals surface area contributed by atoms with E-state index >= 15 is 0 Å². The monoisotopic (exact) mass is 434 g/mol. The fourth-order valence-electron chi connectivity index (χ4n) is 2.85. The number of nitrogens with zero attached hydrogens (tertiary/aromatic N) is 2. The number of carboxylic acids is 1. The summed E-state index contributed by atoms with van der Waals surface area (Å²) in [5.41, 5.74) is 3.67. The number of halogens is 1. The lowest BCUT2D eigenvalue weighted by Crippen LogP contribution is -2.33. The van der Waals surface area contributed by atoms with Crippen LogP contribution in [0, 0.1) is 13.8 Å². The average Bonchev–Trinajstić information content (AvgIpc) is 2.99. The van der Waals surface area contributed by atoms with Gasteiger partial charge in [-0.25, -0.2) is 0 Å². The van der Waals surface area contributed by atoms with Crippen molar-refractivity contribution in [2.75, 3.05) is 6.54 Å². The summed E-state index contributed by atoms with van der Waals surface area (Å²) in [5, 5.41) is 8.27. The molecule has 1 aliphatic heterocycles. The van der Waals surface area contributed by atoms with Crippen molar-refractivity contribution >= 4 is 50.9 Å². The molecule has 0 radical (unpaired) electrons. The number of thioether (sulfide) groups is 1. The number of aryl methyl sites for hydroxylation is 1. The number of para-hydroxylation sites is 1. The molecule has 2 heterocycles. The Kier molecular flexibility index (Phi) is 5.06. The summed E-state index contributed by atoms with van der Waals surface area (Å²) in [6, 6.07) is 9.73. The van der Waals surface area contributed by atoms with E-state index in [4.69, 9.17) is 5.11 Å². The lowest BCUT2D eigenvalue weighted by Gasteiger charge is -2.11. The minimum Gasteiger partial charge on any atom is -0.480 e. The van der Waals surface area contributed by atoms with Crippen molar-refractivity contribution in [3.63, 3.8) is 0 Å². The number of rotatable bonds is 4. The molecule has 3 rings (SSSR count). The molecule has 1 aliphatic rings. The standard InChI is InChI=1S/C18H15BrN2O4S/c1-10-7-12(11(2)21(10)14-6-4-3-5-13(14)19)8-15-17(24)20(9-16(22)23)18(25)26-15/h3-8H,9H2,1-2H3,(H,22,23)/b15-8+. The number of aliphatic carboxylic acids is 1. The number of hydrogen-bond donors (Lipinski definition) is 1. The molecule has 8 heteroatoms. The van der Waals surface area contributed by atoms with Crippen molar-refractivity contribution in [3.05, 3.63) is 56.7 Å². The van der Waals surface area contributed by atoms with E-state index in [-0.39, 0.29) is 4.91 Å². The first-order chi connectivity index (χ1) is 12.3. The lowest BCUT2D eigenvalue weighted by atomic mass is 10.2. The van der Waals surface area contributed by atoms with E-state index in [2.05, 4.69) is 20.5 Å². The summed E-state index contributed by atoms with van der Waals surface area (Å²) in [4.78, 5) is 36.0. The summed E-state index contributed by atoms with van der Waals surface area (Å²) < 4.78 is 2.99. The Morgan fingerprint density at radius 3 is 2.62 bits per heavy atom. The number of benzene rings is 1. The van der Waals surface area contributed by atoms with Crippen LogP contribution in [0.25, 0.3) is 11.8 Å². The van der Waals surface area contributed by atoms with Crippen molar-refractivity contribution in [2.45, 2.75) is 13.8 Å². The second-order valence-corrected chi connectivity index (χ2v) is 7.62. The van der Waals surface area contributed by atoms with Gasteiger partial charge in [0.15, 0.2) is 0 Å². The minimum absolute atomic E-state index is 0.226. The van der Waals surface area contributed by atoms with Gasteiger partial charge >= 0.3 is 5.97 Å². The van der Waals surface area contributed by atoms with E-state index in [0.717, 1.165) is 43.8 Å². The number of aromatic nitrogens is 1. The van der Waals surface area contributed by atoms with Crippen LogP contribution in [0.5, 0.6) is 0 Å². The number of carboxylic acid groups (broad SMARTS) is 1. The van der Waals surface area contributed by atoms with Crippen molar-refractivity contribution in [3.8, 4) is 5.69 Å². The molecular weight excluding hydrogens is 420 g/mol. The van der Waals surface area contributed by atoms with Gasteiger partial charge in [-0.15, -0.1) is 0 Å². The molecule has 0 atom stereocenters. The zero-order chi connectivity index (χ0) is 19.0. The van der Waals surface area contributed by atoms with Gasteiger partial charge in [0.05, 0.1) is 10.6 Å². The maximum absolute atomic E-state index is 12.3. The molecule has 1 fully saturated rings. The predicted octanol–water partition coefficient (Wildman–Crippen LogP) is 3.98. The van der Waals surface area contributed by atoms with Crippen LogP contribution in [0.1, 0.15) is 17.0 Å². The Morgan fingerprint density at radius 2 is 1.96 bits per heavy atom. The minimum atomic E-state index is -1.22. The quantitative estimate of drug-likeness (QED) is 0.736. The number of imide groups is 1. The third-order valence-corrected chi connectivity index (χ3v) is 5.60. The smallest absolute Gasteiger partial charge is 0.323 e.